The maximum atomic E-state index is 5.63. The number of nitrogens with two attached hydrogens (primary N) is 1. The summed E-state index contributed by atoms with van der Waals surface area (Å²) in [6, 6.07) is 8.92. The fourth-order valence-corrected chi connectivity index (χ4v) is 2.14. The van der Waals surface area contributed by atoms with E-state index in [2.05, 4.69) is 31.2 Å². The van der Waals surface area contributed by atoms with Crippen molar-refractivity contribution >= 4 is 0 Å². The fraction of sp³-hybridized carbons (Fsp3) is 0.538. The Bertz CT molecular complexity index is 296. The molecule has 1 aromatic rings. The molecule has 1 fully saturated rings. The van der Waals surface area contributed by atoms with Gasteiger partial charge in [0.1, 0.15) is 0 Å². The zero-order chi connectivity index (χ0) is 10.0. The van der Waals surface area contributed by atoms with Crippen molar-refractivity contribution in [2.75, 3.05) is 6.54 Å². The lowest BCUT2D eigenvalue weighted by atomic mass is 9.93. The Morgan fingerprint density at radius 2 is 1.86 bits per heavy atom. The van der Waals surface area contributed by atoms with Gasteiger partial charge in [0.05, 0.1) is 0 Å². The topological polar surface area (TPSA) is 26.0 Å². The van der Waals surface area contributed by atoms with Gasteiger partial charge in [-0.15, -0.1) is 0 Å². The molecule has 0 aliphatic heterocycles. The molecule has 1 heteroatoms. The Balaban J connectivity index is 2.00. The average Bonchev–Trinajstić information content (AvgIpc) is 2.90. The van der Waals surface area contributed by atoms with E-state index in [-0.39, 0.29) is 0 Å². The maximum Gasteiger partial charge on any atom is -0.00719 e. The van der Waals surface area contributed by atoms with Gasteiger partial charge in [-0.25, -0.2) is 0 Å². The van der Waals surface area contributed by atoms with Gasteiger partial charge in [0.25, 0.3) is 0 Å². The predicted octanol–water partition coefficient (Wildman–Crippen LogP) is 2.67. The molecule has 1 aromatic carbocycles. The summed E-state index contributed by atoms with van der Waals surface area (Å²) in [7, 11) is 0. The normalized spacial score (nSPS) is 18.1. The Morgan fingerprint density at radius 3 is 2.36 bits per heavy atom. The second kappa shape index (κ2) is 3.74. The average molecular weight is 189 g/mol. The van der Waals surface area contributed by atoms with Crippen molar-refractivity contribution in [1.29, 1.82) is 0 Å². The van der Waals surface area contributed by atoms with Gasteiger partial charge in [-0.3, -0.25) is 0 Å². The van der Waals surface area contributed by atoms with Crippen LogP contribution in [0.4, 0.5) is 0 Å². The van der Waals surface area contributed by atoms with Gasteiger partial charge >= 0.3 is 0 Å². The molecular formula is C13H19N. The zero-order valence-electron chi connectivity index (χ0n) is 8.92. The Hall–Kier alpha value is -0.820. The molecule has 0 aromatic heterocycles. The first-order chi connectivity index (χ1) is 6.74. The van der Waals surface area contributed by atoms with E-state index in [4.69, 9.17) is 5.73 Å². The van der Waals surface area contributed by atoms with Crippen LogP contribution in [0.2, 0.25) is 0 Å². The Morgan fingerprint density at radius 1 is 1.21 bits per heavy atom. The molecule has 0 atom stereocenters. The number of hydrogen-bond donors (Lipinski definition) is 1. The van der Waals surface area contributed by atoms with Crippen molar-refractivity contribution in [3.63, 3.8) is 0 Å². The van der Waals surface area contributed by atoms with Crippen molar-refractivity contribution in [1.82, 2.24) is 0 Å². The molecule has 0 saturated heterocycles. The second-order valence-corrected chi connectivity index (χ2v) is 4.70. The molecule has 14 heavy (non-hydrogen) atoms. The van der Waals surface area contributed by atoms with E-state index < -0.39 is 0 Å². The predicted molar refractivity (Wildman–Crippen MR) is 60.2 cm³/mol. The van der Waals surface area contributed by atoms with Crippen LogP contribution in [0, 0.1) is 12.3 Å². The minimum Gasteiger partial charge on any atom is -0.330 e. The Labute approximate surface area is 86.3 Å². The summed E-state index contributed by atoms with van der Waals surface area (Å²) in [6.45, 7) is 2.97. The van der Waals surface area contributed by atoms with Crippen LogP contribution in [-0.4, -0.2) is 6.54 Å². The van der Waals surface area contributed by atoms with Crippen LogP contribution < -0.4 is 5.73 Å². The van der Waals surface area contributed by atoms with E-state index in [9.17, 15) is 0 Å². The third kappa shape index (κ3) is 2.16. The van der Waals surface area contributed by atoms with Crippen molar-refractivity contribution in [2.24, 2.45) is 11.1 Å². The van der Waals surface area contributed by atoms with Crippen LogP contribution in [0.5, 0.6) is 0 Å². The molecule has 0 heterocycles. The van der Waals surface area contributed by atoms with E-state index >= 15 is 0 Å². The van der Waals surface area contributed by atoms with Gasteiger partial charge in [-0.2, -0.15) is 0 Å². The largest absolute Gasteiger partial charge is 0.330 e. The summed E-state index contributed by atoms with van der Waals surface area (Å²) in [5, 5.41) is 0. The standard InChI is InChI=1S/C13H19N/c1-11-2-4-12(5-3-11)10-13(6-7-13)8-9-14/h2-5H,6-10,14H2,1H3. The van der Waals surface area contributed by atoms with Gasteiger partial charge < -0.3 is 5.73 Å². The highest BCUT2D eigenvalue weighted by molar-refractivity contribution is 5.23. The monoisotopic (exact) mass is 189 g/mol. The van der Waals surface area contributed by atoms with Crippen LogP contribution in [0.1, 0.15) is 30.4 Å². The number of aryl methyl sites for hydroxylation is 1. The molecular weight excluding hydrogens is 170 g/mol. The third-order valence-corrected chi connectivity index (χ3v) is 3.33. The summed E-state index contributed by atoms with van der Waals surface area (Å²) >= 11 is 0. The van der Waals surface area contributed by atoms with Crippen molar-refractivity contribution < 1.29 is 0 Å². The smallest absolute Gasteiger partial charge is 0.00719 e. The van der Waals surface area contributed by atoms with Crippen LogP contribution in [0.15, 0.2) is 24.3 Å². The SMILES string of the molecule is Cc1ccc(CC2(CCN)CC2)cc1. The first-order valence-corrected chi connectivity index (χ1v) is 5.50. The number of benzene rings is 1. The van der Waals surface area contributed by atoms with E-state index in [0.29, 0.717) is 5.41 Å². The fourth-order valence-electron chi connectivity index (χ4n) is 2.14. The molecule has 76 valence electrons. The molecule has 0 bridgehead atoms. The third-order valence-electron chi connectivity index (χ3n) is 3.33. The maximum absolute atomic E-state index is 5.63. The van der Waals surface area contributed by atoms with E-state index in [1.165, 1.54) is 36.8 Å². The summed E-state index contributed by atoms with van der Waals surface area (Å²) in [4.78, 5) is 0. The molecule has 1 saturated carbocycles. The van der Waals surface area contributed by atoms with Crippen molar-refractivity contribution in [3.8, 4) is 0 Å². The molecule has 2 rings (SSSR count). The molecule has 1 nitrogen and oxygen atoms in total. The lowest BCUT2D eigenvalue weighted by Gasteiger charge is -2.13. The van der Waals surface area contributed by atoms with Crippen molar-refractivity contribution in [2.45, 2.75) is 32.6 Å². The Kier molecular flexibility index (Phi) is 2.60. The van der Waals surface area contributed by atoms with Gasteiger partial charge in [0.2, 0.25) is 0 Å². The lowest BCUT2D eigenvalue weighted by Crippen LogP contribution is -2.11. The highest BCUT2D eigenvalue weighted by Gasteiger charge is 2.41. The summed E-state index contributed by atoms with van der Waals surface area (Å²) in [6.07, 6.45) is 5.17. The first kappa shape index (κ1) is 9.72. The van der Waals surface area contributed by atoms with Gasteiger partial charge in [-0.1, -0.05) is 29.8 Å². The van der Waals surface area contributed by atoms with Gasteiger partial charge in [0, 0.05) is 0 Å². The molecule has 1 aliphatic carbocycles. The summed E-state index contributed by atoms with van der Waals surface area (Å²) < 4.78 is 0. The summed E-state index contributed by atoms with van der Waals surface area (Å²) in [5.41, 5.74) is 9.02. The quantitative estimate of drug-likeness (QED) is 0.774. The summed E-state index contributed by atoms with van der Waals surface area (Å²) in [5.74, 6) is 0. The molecule has 0 unspecified atom stereocenters. The van der Waals surface area contributed by atoms with Crippen LogP contribution >= 0.6 is 0 Å². The van der Waals surface area contributed by atoms with Gasteiger partial charge in [-0.05, 0) is 50.1 Å². The molecule has 0 radical (unpaired) electrons. The molecule has 2 N–H and O–H groups in total. The van der Waals surface area contributed by atoms with Crippen LogP contribution in [0.3, 0.4) is 0 Å². The number of rotatable bonds is 4. The highest BCUT2D eigenvalue weighted by Crippen LogP contribution is 2.50. The van der Waals surface area contributed by atoms with E-state index in [0.717, 1.165) is 6.54 Å². The number of hydrogen-bond acceptors (Lipinski definition) is 1. The van der Waals surface area contributed by atoms with Crippen molar-refractivity contribution in [3.05, 3.63) is 35.4 Å². The second-order valence-electron chi connectivity index (χ2n) is 4.70. The lowest BCUT2D eigenvalue weighted by molar-refractivity contribution is 0.471. The van der Waals surface area contributed by atoms with E-state index in [1.54, 1.807) is 0 Å². The molecule has 0 amide bonds. The molecule has 1 aliphatic rings. The van der Waals surface area contributed by atoms with Crippen LogP contribution in [0.25, 0.3) is 0 Å². The molecule has 0 spiro atoms. The van der Waals surface area contributed by atoms with Gasteiger partial charge in [0.15, 0.2) is 0 Å². The van der Waals surface area contributed by atoms with E-state index in [1.807, 2.05) is 0 Å². The van der Waals surface area contributed by atoms with Crippen LogP contribution in [-0.2, 0) is 6.42 Å². The first-order valence-electron chi connectivity index (χ1n) is 5.50. The minimum absolute atomic E-state index is 0.573. The zero-order valence-corrected chi connectivity index (χ0v) is 8.92. The minimum atomic E-state index is 0.573. The highest BCUT2D eigenvalue weighted by atomic mass is 14.6.